The molecule has 0 heterocycles. The molecule has 1 radical (unpaired) electrons. The Morgan fingerprint density at radius 2 is 0.957 bits per heavy atom. The summed E-state index contributed by atoms with van der Waals surface area (Å²) >= 11 is 0. The third kappa shape index (κ3) is 34.0. The molecule has 0 bridgehead atoms. The fourth-order valence-corrected chi connectivity index (χ4v) is 2.00. The van der Waals surface area contributed by atoms with Gasteiger partial charge in [-0.1, -0.05) is 66.2 Å². The predicted octanol–water partition coefficient (Wildman–Crippen LogP) is 2.68. The Morgan fingerprint density at radius 1 is 0.652 bits per heavy atom. The van der Waals surface area contributed by atoms with E-state index in [0.29, 0.717) is 0 Å². The van der Waals surface area contributed by atoms with Crippen molar-refractivity contribution in [3.05, 3.63) is 0 Å². The molecule has 0 fully saturated rings. The molecular formula is C18H34CoO4. The Balaban J connectivity index is -0.000000333. The topological polar surface area (TPSA) is 80.3 Å². The summed E-state index contributed by atoms with van der Waals surface area (Å²) in [5.74, 6) is -0.375. The number of hydrogen-bond donors (Lipinski definition) is 0. The van der Waals surface area contributed by atoms with Crippen molar-refractivity contribution in [3.8, 4) is 0 Å². The normalized spacial score (nSPS) is 10.0. The summed E-state index contributed by atoms with van der Waals surface area (Å²) in [5.41, 5.74) is 0. The summed E-state index contributed by atoms with van der Waals surface area (Å²) in [6.07, 6.45) is 8.72. The van der Waals surface area contributed by atoms with Crippen LogP contribution in [0.15, 0.2) is 0 Å². The minimum absolute atomic E-state index is 0. The van der Waals surface area contributed by atoms with Crippen LogP contribution in [0.5, 0.6) is 0 Å². The molecule has 23 heavy (non-hydrogen) atoms. The van der Waals surface area contributed by atoms with Crippen molar-refractivity contribution < 1.29 is 36.6 Å². The second-order valence-corrected chi connectivity index (χ2v) is 6.73. The van der Waals surface area contributed by atoms with E-state index in [1.54, 1.807) is 0 Å². The number of carboxylic acids is 2. The Bertz CT molecular complexity index is 250. The maximum Gasteiger partial charge on any atom is 2.00 e. The fraction of sp³-hybridized carbons (Fsp3) is 0.889. The van der Waals surface area contributed by atoms with E-state index in [1.807, 2.05) is 0 Å². The summed E-state index contributed by atoms with van der Waals surface area (Å²) in [6, 6.07) is 0. The monoisotopic (exact) mass is 373 g/mol. The summed E-state index contributed by atoms with van der Waals surface area (Å²) in [5, 5.41) is 20.0. The van der Waals surface area contributed by atoms with Crippen molar-refractivity contribution >= 4 is 11.9 Å². The molecule has 0 aliphatic carbocycles. The first-order valence-corrected chi connectivity index (χ1v) is 8.65. The van der Waals surface area contributed by atoms with E-state index in [-0.39, 0.29) is 29.6 Å². The number of carbonyl (C=O) groups excluding carboxylic acids is 2. The number of unbranched alkanes of at least 4 members (excludes halogenated alkanes) is 4. The van der Waals surface area contributed by atoms with Gasteiger partial charge >= 0.3 is 16.8 Å². The molecule has 0 saturated carbocycles. The molecular weight excluding hydrogens is 339 g/mol. The molecule has 0 N–H and O–H groups in total. The summed E-state index contributed by atoms with van der Waals surface area (Å²) in [6.45, 7) is 8.72. The minimum Gasteiger partial charge on any atom is -0.550 e. The van der Waals surface area contributed by atoms with Crippen LogP contribution in [0.4, 0.5) is 0 Å². The largest absolute Gasteiger partial charge is 2.00 e. The van der Waals surface area contributed by atoms with Gasteiger partial charge in [0.2, 0.25) is 0 Å². The van der Waals surface area contributed by atoms with Crippen molar-refractivity contribution in [1.82, 2.24) is 0 Å². The first kappa shape index (κ1) is 27.3. The Hall–Kier alpha value is -0.554. The van der Waals surface area contributed by atoms with E-state index >= 15 is 0 Å². The van der Waals surface area contributed by atoms with Crippen LogP contribution in [0.2, 0.25) is 0 Å². The summed E-state index contributed by atoms with van der Waals surface area (Å²) in [7, 11) is 0. The van der Waals surface area contributed by atoms with Crippen LogP contribution in [0, 0.1) is 11.8 Å². The molecule has 4 nitrogen and oxygen atoms in total. The second-order valence-electron chi connectivity index (χ2n) is 6.73. The van der Waals surface area contributed by atoms with Gasteiger partial charge in [0, 0.05) is 11.9 Å². The summed E-state index contributed by atoms with van der Waals surface area (Å²) < 4.78 is 0. The van der Waals surface area contributed by atoms with Crippen molar-refractivity contribution in [3.63, 3.8) is 0 Å². The van der Waals surface area contributed by atoms with Crippen molar-refractivity contribution in [2.24, 2.45) is 11.8 Å². The molecule has 0 aliphatic heterocycles. The second kappa shape index (κ2) is 19.5. The maximum atomic E-state index is 9.99. The quantitative estimate of drug-likeness (QED) is 0.493. The molecule has 0 atom stereocenters. The van der Waals surface area contributed by atoms with Crippen LogP contribution in [0.25, 0.3) is 0 Å². The van der Waals surface area contributed by atoms with E-state index in [0.717, 1.165) is 50.4 Å². The molecule has 0 aromatic rings. The van der Waals surface area contributed by atoms with Crippen molar-refractivity contribution in [2.75, 3.05) is 0 Å². The maximum absolute atomic E-state index is 9.99. The average Bonchev–Trinajstić information content (AvgIpc) is 2.37. The van der Waals surface area contributed by atoms with Crippen LogP contribution in [0.3, 0.4) is 0 Å². The third-order valence-electron chi connectivity index (χ3n) is 3.32. The van der Waals surface area contributed by atoms with Crippen LogP contribution in [-0.4, -0.2) is 11.9 Å². The van der Waals surface area contributed by atoms with E-state index in [2.05, 4.69) is 27.7 Å². The number of rotatable bonds is 12. The van der Waals surface area contributed by atoms with Gasteiger partial charge in [-0.05, 0) is 37.5 Å². The molecule has 0 amide bonds. The van der Waals surface area contributed by atoms with Gasteiger partial charge in [0.25, 0.3) is 0 Å². The van der Waals surface area contributed by atoms with E-state index in [9.17, 15) is 19.8 Å². The van der Waals surface area contributed by atoms with Crippen LogP contribution >= 0.6 is 0 Å². The molecule has 0 rings (SSSR count). The van der Waals surface area contributed by atoms with Crippen LogP contribution in [-0.2, 0) is 26.4 Å². The summed E-state index contributed by atoms with van der Waals surface area (Å²) in [4.78, 5) is 20.0. The third-order valence-corrected chi connectivity index (χ3v) is 3.32. The number of aliphatic carboxylic acids is 2. The zero-order chi connectivity index (χ0) is 17.4. The van der Waals surface area contributed by atoms with Crippen molar-refractivity contribution in [1.29, 1.82) is 0 Å². The molecule has 5 heteroatoms. The Kier molecular flexibility index (Phi) is 23.1. The molecule has 0 saturated heterocycles. The first-order chi connectivity index (χ1) is 10.3. The average molecular weight is 373 g/mol. The SMILES string of the molecule is CC(C)CCCCCC(=O)[O-].CC(C)CCCCCC(=O)[O-].[Co+2]. The van der Waals surface area contributed by atoms with Gasteiger partial charge in [0.15, 0.2) is 0 Å². The zero-order valence-electron chi connectivity index (χ0n) is 15.2. The molecule has 0 spiro atoms. The Morgan fingerprint density at radius 3 is 1.17 bits per heavy atom. The van der Waals surface area contributed by atoms with Gasteiger partial charge in [0.05, 0.1) is 0 Å². The molecule has 0 aromatic heterocycles. The van der Waals surface area contributed by atoms with Gasteiger partial charge < -0.3 is 19.8 Å². The molecule has 0 aromatic carbocycles. The van der Waals surface area contributed by atoms with E-state index < -0.39 is 11.9 Å². The molecule has 0 unspecified atom stereocenters. The molecule has 0 aliphatic rings. The predicted molar refractivity (Wildman–Crippen MR) is 85.9 cm³/mol. The molecule has 139 valence electrons. The van der Waals surface area contributed by atoms with E-state index in [1.165, 1.54) is 12.8 Å². The number of carbonyl (C=O) groups is 2. The fourth-order valence-electron chi connectivity index (χ4n) is 2.00. The first-order valence-electron chi connectivity index (χ1n) is 8.65. The van der Waals surface area contributed by atoms with Gasteiger partial charge in [-0.15, -0.1) is 0 Å². The van der Waals surface area contributed by atoms with Gasteiger partial charge in [-0.2, -0.15) is 0 Å². The van der Waals surface area contributed by atoms with Crippen LogP contribution < -0.4 is 10.2 Å². The zero-order valence-corrected chi connectivity index (χ0v) is 16.2. The van der Waals surface area contributed by atoms with Gasteiger partial charge in [-0.3, -0.25) is 0 Å². The Labute approximate surface area is 152 Å². The van der Waals surface area contributed by atoms with Crippen molar-refractivity contribution in [2.45, 2.75) is 91.9 Å². The van der Waals surface area contributed by atoms with Crippen LogP contribution in [0.1, 0.15) is 91.9 Å². The standard InChI is InChI=1S/2C9H18O2.Co/c2*1-8(2)6-4-3-5-7-9(10)11;/h2*8H,3-7H2,1-2H3,(H,10,11);/q;;+2/p-2. The van der Waals surface area contributed by atoms with E-state index in [4.69, 9.17) is 0 Å². The smallest absolute Gasteiger partial charge is 0.550 e. The minimum atomic E-state index is -0.922. The van der Waals surface area contributed by atoms with Gasteiger partial charge in [0.1, 0.15) is 0 Å². The number of hydrogen-bond acceptors (Lipinski definition) is 4. The number of carboxylic acid groups (broad SMARTS) is 2. The van der Waals surface area contributed by atoms with Gasteiger partial charge in [-0.25, -0.2) is 0 Å².